The van der Waals surface area contributed by atoms with Gasteiger partial charge < -0.3 is 5.73 Å². The van der Waals surface area contributed by atoms with Crippen LogP contribution in [-0.2, 0) is 16.2 Å². The van der Waals surface area contributed by atoms with Gasteiger partial charge in [-0.1, -0.05) is 12.1 Å². The van der Waals surface area contributed by atoms with Crippen LogP contribution in [0.5, 0.6) is 0 Å². The van der Waals surface area contributed by atoms with Crippen molar-refractivity contribution in [2.24, 2.45) is 5.14 Å². The Morgan fingerprint density at radius 3 is 2.37 bits per heavy atom. The maximum absolute atomic E-state index is 13.6. The molecule has 1 saturated heterocycles. The normalized spacial score (nSPS) is 15.7. The summed E-state index contributed by atoms with van der Waals surface area (Å²) in [7, 11) is -4.77. The standard InChI is InChI=1S/C16H15F3N8O2S/c17-16(18,19)10-4-3-8(7-1-2-9-11(5-7)22-6-23-14(9)20)12(13(10)30(21,28)29)15-24-26-27-25-15/h1-6,15,24-27H,(H2,20,22,23)(H2,21,28,29). The average Bonchev–Trinajstić information content (AvgIpc) is 3.20. The number of fused-ring (bicyclic) bond motifs is 1. The molecule has 2 heterocycles. The van der Waals surface area contributed by atoms with E-state index in [-0.39, 0.29) is 16.9 Å². The Balaban J connectivity index is 2.05. The number of hydrogen-bond acceptors (Lipinski definition) is 9. The molecule has 0 radical (unpaired) electrons. The smallest absolute Gasteiger partial charge is 0.383 e. The summed E-state index contributed by atoms with van der Waals surface area (Å²) < 4.78 is 65.4. The molecule has 10 nitrogen and oxygen atoms in total. The topological polar surface area (TPSA) is 160 Å². The third-order valence-corrected chi connectivity index (χ3v) is 5.56. The first-order chi connectivity index (χ1) is 14.1. The van der Waals surface area contributed by atoms with Crippen LogP contribution < -0.4 is 32.8 Å². The van der Waals surface area contributed by atoms with Crippen LogP contribution in [0.4, 0.5) is 19.0 Å². The predicted molar refractivity (Wildman–Crippen MR) is 101 cm³/mol. The number of alkyl halides is 3. The molecule has 1 aromatic heterocycles. The Kier molecular flexibility index (Phi) is 4.84. The fraction of sp³-hybridized carbons (Fsp3) is 0.125. The Labute approximate surface area is 167 Å². The van der Waals surface area contributed by atoms with E-state index in [1.54, 1.807) is 18.2 Å². The molecule has 0 bridgehead atoms. The van der Waals surface area contributed by atoms with Gasteiger partial charge in [-0.2, -0.15) is 24.2 Å². The molecule has 8 N–H and O–H groups in total. The van der Waals surface area contributed by atoms with Crippen LogP contribution in [0.2, 0.25) is 0 Å². The van der Waals surface area contributed by atoms with Gasteiger partial charge in [-0.15, -0.1) is 0 Å². The van der Waals surface area contributed by atoms with Gasteiger partial charge in [0, 0.05) is 10.9 Å². The third-order valence-electron chi connectivity index (χ3n) is 4.55. The van der Waals surface area contributed by atoms with Gasteiger partial charge in [-0.3, -0.25) is 0 Å². The van der Waals surface area contributed by atoms with Crippen LogP contribution in [0.15, 0.2) is 41.6 Å². The Morgan fingerprint density at radius 1 is 1.03 bits per heavy atom. The number of nitrogen functional groups attached to an aromatic ring is 1. The summed E-state index contributed by atoms with van der Waals surface area (Å²) in [5, 5.41) is 5.76. The maximum Gasteiger partial charge on any atom is 0.417 e. The second-order valence-electron chi connectivity index (χ2n) is 6.41. The van der Waals surface area contributed by atoms with Crippen LogP contribution in [0.25, 0.3) is 22.0 Å². The molecule has 0 amide bonds. The molecule has 0 saturated carbocycles. The fourth-order valence-corrected chi connectivity index (χ4v) is 4.33. The minimum Gasteiger partial charge on any atom is -0.383 e. The first-order valence-electron chi connectivity index (χ1n) is 8.36. The number of primary sulfonamides is 1. The van der Waals surface area contributed by atoms with Crippen molar-refractivity contribution in [3.63, 3.8) is 0 Å². The van der Waals surface area contributed by atoms with Crippen LogP contribution in [0.3, 0.4) is 0 Å². The van der Waals surface area contributed by atoms with Gasteiger partial charge in [0.1, 0.15) is 23.2 Å². The number of nitrogens with two attached hydrogens (primary N) is 2. The summed E-state index contributed by atoms with van der Waals surface area (Å²) in [6, 6.07) is 6.62. The number of hydrogen-bond donors (Lipinski definition) is 6. The van der Waals surface area contributed by atoms with Crippen molar-refractivity contribution in [1.82, 2.24) is 31.9 Å². The molecule has 3 aromatic rings. The number of nitrogens with zero attached hydrogens (tertiary/aromatic N) is 2. The molecule has 0 aliphatic carbocycles. The number of benzene rings is 2. The minimum atomic E-state index is -4.94. The number of nitrogens with one attached hydrogen (secondary N) is 4. The predicted octanol–water partition coefficient (Wildman–Crippen LogP) is 0.661. The van der Waals surface area contributed by atoms with E-state index in [1.807, 2.05) is 0 Å². The highest BCUT2D eigenvalue weighted by atomic mass is 32.2. The Hall–Kier alpha value is -2.88. The van der Waals surface area contributed by atoms with Crippen molar-refractivity contribution in [3.8, 4) is 11.1 Å². The molecule has 0 spiro atoms. The highest BCUT2D eigenvalue weighted by Gasteiger charge is 2.40. The molecular formula is C16H15F3N8O2S. The molecule has 2 aromatic carbocycles. The number of anilines is 1. The molecule has 0 atom stereocenters. The van der Waals surface area contributed by atoms with Gasteiger partial charge in [-0.05, 0) is 29.3 Å². The SMILES string of the molecule is Nc1ncnc2cc(-c3ccc(C(F)(F)F)c(S(N)(=O)=O)c3C3NNNN3)ccc12. The number of aromatic nitrogens is 2. The van der Waals surface area contributed by atoms with E-state index in [1.165, 1.54) is 12.4 Å². The molecule has 1 aliphatic heterocycles. The van der Waals surface area contributed by atoms with Gasteiger partial charge in [0.05, 0.1) is 11.1 Å². The second-order valence-corrected chi connectivity index (χ2v) is 7.91. The van der Waals surface area contributed by atoms with Crippen LogP contribution in [-0.4, -0.2) is 18.4 Å². The number of rotatable bonds is 3. The van der Waals surface area contributed by atoms with Crippen molar-refractivity contribution in [2.75, 3.05) is 5.73 Å². The lowest BCUT2D eigenvalue weighted by Gasteiger charge is -2.22. The monoisotopic (exact) mass is 440 g/mol. The summed E-state index contributed by atoms with van der Waals surface area (Å²) >= 11 is 0. The van der Waals surface area contributed by atoms with Crippen LogP contribution >= 0.6 is 0 Å². The molecule has 4 rings (SSSR count). The zero-order valence-electron chi connectivity index (χ0n) is 14.9. The summed E-state index contributed by atoms with van der Waals surface area (Å²) in [5.74, 6) is 0.233. The van der Waals surface area contributed by atoms with Crippen molar-refractivity contribution < 1.29 is 21.6 Å². The second kappa shape index (κ2) is 7.12. The van der Waals surface area contributed by atoms with Crippen molar-refractivity contribution in [3.05, 3.63) is 47.8 Å². The summed E-state index contributed by atoms with van der Waals surface area (Å²) in [6.07, 6.45) is -4.75. The quantitative estimate of drug-likeness (QED) is 0.344. The summed E-state index contributed by atoms with van der Waals surface area (Å²) in [6.45, 7) is 0. The largest absolute Gasteiger partial charge is 0.417 e. The van der Waals surface area contributed by atoms with E-state index >= 15 is 0 Å². The molecule has 14 heteroatoms. The molecule has 158 valence electrons. The van der Waals surface area contributed by atoms with Crippen molar-refractivity contribution >= 4 is 26.7 Å². The zero-order valence-corrected chi connectivity index (χ0v) is 15.8. The highest BCUT2D eigenvalue weighted by molar-refractivity contribution is 7.89. The van der Waals surface area contributed by atoms with Crippen molar-refractivity contribution in [1.29, 1.82) is 0 Å². The first kappa shape index (κ1) is 20.4. The maximum atomic E-state index is 13.6. The zero-order chi connectivity index (χ0) is 21.7. The van der Waals surface area contributed by atoms with E-state index in [2.05, 4.69) is 31.9 Å². The van der Waals surface area contributed by atoms with E-state index in [9.17, 15) is 21.6 Å². The van der Waals surface area contributed by atoms with E-state index < -0.39 is 32.8 Å². The molecule has 1 fully saturated rings. The number of hydrazine groups is 3. The van der Waals surface area contributed by atoms with Gasteiger partial charge >= 0.3 is 6.18 Å². The first-order valence-corrected chi connectivity index (χ1v) is 9.90. The number of sulfonamides is 1. The lowest BCUT2D eigenvalue weighted by Crippen LogP contribution is -2.33. The Morgan fingerprint density at radius 2 is 1.73 bits per heavy atom. The average molecular weight is 440 g/mol. The van der Waals surface area contributed by atoms with Gasteiger partial charge in [0.2, 0.25) is 10.0 Å². The molecule has 1 aliphatic rings. The Bertz CT molecular complexity index is 1240. The lowest BCUT2D eigenvalue weighted by atomic mass is 9.94. The molecule has 0 unspecified atom stereocenters. The van der Waals surface area contributed by atoms with E-state index in [0.29, 0.717) is 22.5 Å². The van der Waals surface area contributed by atoms with Crippen molar-refractivity contribution in [2.45, 2.75) is 17.2 Å². The van der Waals surface area contributed by atoms with E-state index in [4.69, 9.17) is 10.9 Å². The van der Waals surface area contributed by atoms with Gasteiger partial charge in [-0.25, -0.2) is 34.4 Å². The molecule has 30 heavy (non-hydrogen) atoms. The fourth-order valence-electron chi connectivity index (χ4n) is 3.31. The lowest BCUT2D eigenvalue weighted by molar-refractivity contribution is -0.140. The molecular weight excluding hydrogens is 425 g/mol. The number of halogens is 3. The summed E-state index contributed by atoms with van der Waals surface area (Å²) in [4.78, 5) is 6.96. The van der Waals surface area contributed by atoms with Gasteiger partial charge in [0.25, 0.3) is 0 Å². The van der Waals surface area contributed by atoms with Crippen LogP contribution in [0, 0.1) is 0 Å². The third kappa shape index (κ3) is 3.55. The van der Waals surface area contributed by atoms with Crippen LogP contribution in [0.1, 0.15) is 17.3 Å². The summed E-state index contributed by atoms with van der Waals surface area (Å²) in [5.41, 5.74) is 15.4. The van der Waals surface area contributed by atoms with Gasteiger partial charge in [0.15, 0.2) is 0 Å². The minimum absolute atomic E-state index is 0.196. The van der Waals surface area contributed by atoms with E-state index in [0.717, 1.165) is 0 Å². The highest BCUT2D eigenvalue weighted by Crippen LogP contribution is 2.41.